The summed E-state index contributed by atoms with van der Waals surface area (Å²) in [5.41, 5.74) is 4.28. The van der Waals surface area contributed by atoms with Crippen LogP contribution in [0.5, 0.6) is 0 Å². The van der Waals surface area contributed by atoms with Crippen molar-refractivity contribution in [3.63, 3.8) is 0 Å². The Morgan fingerprint density at radius 1 is 0.933 bits per heavy atom. The maximum atomic E-state index is 12.2. The fraction of sp³-hybridized carbons (Fsp3) is 0.0909. The highest BCUT2D eigenvalue weighted by atomic mass is 35.5. The Labute approximate surface area is 186 Å². The molecule has 1 aromatic heterocycles. The van der Waals surface area contributed by atoms with Gasteiger partial charge in [-0.25, -0.2) is 4.98 Å². The van der Waals surface area contributed by atoms with E-state index < -0.39 is 0 Å². The van der Waals surface area contributed by atoms with E-state index in [1.165, 1.54) is 11.8 Å². The molecule has 5 rings (SSSR count). The first-order valence-electron chi connectivity index (χ1n) is 9.25. The molecule has 1 heterocycles. The van der Waals surface area contributed by atoms with E-state index in [9.17, 15) is 4.79 Å². The number of carbonyl (C=O) groups excluding carboxylic acids is 1. The average Bonchev–Trinajstić information content (AvgIpc) is 3.07. The Balaban J connectivity index is 1.28. The van der Waals surface area contributed by atoms with Crippen LogP contribution in [-0.4, -0.2) is 26.8 Å². The molecule has 3 aromatic carbocycles. The fourth-order valence-electron chi connectivity index (χ4n) is 3.53. The van der Waals surface area contributed by atoms with Gasteiger partial charge in [-0.1, -0.05) is 77.4 Å². The van der Waals surface area contributed by atoms with Gasteiger partial charge in [-0.15, -0.1) is 10.2 Å². The largest absolute Gasteiger partial charge is 0.325 e. The van der Waals surface area contributed by atoms with Gasteiger partial charge < -0.3 is 5.32 Å². The predicted octanol–water partition coefficient (Wildman–Crippen LogP) is 6.10. The molecule has 0 saturated carbocycles. The second kappa shape index (κ2) is 7.87. The summed E-state index contributed by atoms with van der Waals surface area (Å²) >= 11 is 13.5. The molecule has 1 amide bonds. The Morgan fingerprint density at radius 2 is 1.67 bits per heavy atom. The molecule has 0 aliphatic heterocycles. The number of fused-ring (bicyclic) bond motifs is 3. The maximum Gasteiger partial charge on any atom is 0.225 e. The zero-order chi connectivity index (χ0) is 20.7. The number of nitrogens with one attached hydrogen (secondary N) is 1. The molecule has 0 saturated heterocycles. The number of anilines is 1. The summed E-state index contributed by atoms with van der Waals surface area (Å²) < 4.78 is 0. The van der Waals surface area contributed by atoms with E-state index >= 15 is 0 Å². The molecule has 0 unspecified atom stereocenters. The topological polar surface area (TPSA) is 67.8 Å². The van der Waals surface area contributed by atoms with Crippen molar-refractivity contribution < 1.29 is 4.79 Å². The Morgan fingerprint density at radius 3 is 2.47 bits per heavy atom. The van der Waals surface area contributed by atoms with Gasteiger partial charge in [0.1, 0.15) is 11.4 Å². The van der Waals surface area contributed by atoms with Crippen LogP contribution < -0.4 is 5.32 Å². The van der Waals surface area contributed by atoms with Crippen molar-refractivity contribution in [2.45, 2.75) is 11.6 Å². The summed E-state index contributed by atoms with van der Waals surface area (Å²) in [7, 11) is 0. The van der Waals surface area contributed by atoms with Gasteiger partial charge in [0.2, 0.25) is 11.1 Å². The second-order valence-electron chi connectivity index (χ2n) is 6.75. The average molecular weight is 453 g/mol. The lowest BCUT2D eigenvalue weighted by atomic mass is 10.0. The number of benzene rings is 3. The number of amides is 1. The molecule has 5 nitrogen and oxygen atoms in total. The summed E-state index contributed by atoms with van der Waals surface area (Å²) in [6, 6.07) is 17.4. The van der Waals surface area contributed by atoms with E-state index in [1.807, 2.05) is 18.2 Å². The number of carbonyl (C=O) groups is 1. The van der Waals surface area contributed by atoms with Crippen LogP contribution in [0.2, 0.25) is 10.0 Å². The lowest BCUT2D eigenvalue weighted by Gasteiger charge is -2.08. The lowest BCUT2D eigenvalue weighted by Crippen LogP contribution is -2.12. The predicted molar refractivity (Wildman–Crippen MR) is 122 cm³/mol. The van der Waals surface area contributed by atoms with Gasteiger partial charge in [-0.05, 0) is 17.5 Å². The third kappa shape index (κ3) is 3.41. The molecule has 0 atom stereocenters. The van der Waals surface area contributed by atoms with Gasteiger partial charge in [0.25, 0.3) is 0 Å². The van der Waals surface area contributed by atoms with E-state index in [2.05, 4.69) is 33.7 Å². The van der Waals surface area contributed by atoms with Crippen molar-refractivity contribution in [2.24, 2.45) is 0 Å². The molecule has 0 radical (unpaired) electrons. The lowest BCUT2D eigenvalue weighted by molar-refractivity contribution is -0.115. The Hall–Kier alpha value is -2.67. The smallest absolute Gasteiger partial charge is 0.225 e. The third-order valence-electron chi connectivity index (χ3n) is 4.87. The van der Waals surface area contributed by atoms with E-state index in [-0.39, 0.29) is 12.3 Å². The van der Waals surface area contributed by atoms with Crippen molar-refractivity contribution >= 4 is 57.3 Å². The molecule has 1 aliphatic carbocycles. The van der Waals surface area contributed by atoms with Crippen molar-refractivity contribution in [3.8, 4) is 22.5 Å². The van der Waals surface area contributed by atoms with Gasteiger partial charge in [-0.2, -0.15) is 0 Å². The summed E-state index contributed by atoms with van der Waals surface area (Å²) in [5.74, 6) is 0.361. The zero-order valence-electron chi connectivity index (χ0n) is 15.5. The number of rotatable bonds is 5. The standard InChI is InChI=1S/C22H14Cl2N4OS/c23-15-8-3-9-16(19(15)24)25-17(29)10-11-30-22-26-20-13-6-1-4-12-5-2-7-14(18(12)13)21(20)27-28-22/h1-9H,10-11H2,(H,25,29). The number of aromatic nitrogens is 3. The first kappa shape index (κ1) is 19.3. The number of halogens is 2. The van der Waals surface area contributed by atoms with Gasteiger partial charge in [-0.3, -0.25) is 4.79 Å². The molecule has 30 heavy (non-hydrogen) atoms. The minimum Gasteiger partial charge on any atom is -0.325 e. The molecule has 1 aliphatic rings. The van der Waals surface area contributed by atoms with Crippen molar-refractivity contribution in [3.05, 3.63) is 64.6 Å². The number of hydrogen-bond donors (Lipinski definition) is 1. The van der Waals surface area contributed by atoms with Crippen molar-refractivity contribution in [1.29, 1.82) is 0 Å². The van der Waals surface area contributed by atoms with E-state index in [0.717, 1.165) is 33.3 Å². The SMILES string of the molecule is O=C(CCSc1nnc2c(n1)-c1cccc3cccc-2c13)Nc1cccc(Cl)c1Cl. The second-order valence-corrected chi connectivity index (χ2v) is 8.60. The Kier molecular flexibility index (Phi) is 5.06. The fourth-order valence-corrected chi connectivity index (χ4v) is 4.60. The summed E-state index contributed by atoms with van der Waals surface area (Å²) in [4.78, 5) is 17.0. The summed E-state index contributed by atoms with van der Waals surface area (Å²) in [6.45, 7) is 0. The molecule has 8 heteroatoms. The highest BCUT2D eigenvalue weighted by Crippen LogP contribution is 2.44. The van der Waals surface area contributed by atoms with Crippen molar-refractivity contribution in [1.82, 2.24) is 15.2 Å². The molecule has 0 spiro atoms. The molecular formula is C22H14Cl2N4OS. The van der Waals surface area contributed by atoms with Gasteiger partial charge in [0.05, 0.1) is 15.7 Å². The first-order valence-corrected chi connectivity index (χ1v) is 11.0. The number of thioether (sulfide) groups is 1. The number of hydrogen-bond acceptors (Lipinski definition) is 5. The van der Waals surface area contributed by atoms with Crippen LogP contribution >= 0.6 is 35.0 Å². The Bertz CT molecular complexity index is 1310. The van der Waals surface area contributed by atoms with Gasteiger partial charge in [0.15, 0.2) is 0 Å². The van der Waals surface area contributed by atoms with E-state index in [1.54, 1.807) is 18.2 Å². The highest BCUT2D eigenvalue weighted by Gasteiger charge is 2.24. The van der Waals surface area contributed by atoms with Crippen LogP contribution in [-0.2, 0) is 4.79 Å². The van der Waals surface area contributed by atoms with Crippen LogP contribution in [0.1, 0.15) is 6.42 Å². The monoisotopic (exact) mass is 452 g/mol. The zero-order valence-corrected chi connectivity index (χ0v) is 17.9. The highest BCUT2D eigenvalue weighted by molar-refractivity contribution is 7.99. The molecule has 4 aromatic rings. The van der Waals surface area contributed by atoms with Crippen LogP contribution in [0, 0.1) is 0 Å². The van der Waals surface area contributed by atoms with Crippen LogP contribution in [0.3, 0.4) is 0 Å². The van der Waals surface area contributed by atoms with Crippen LogP contribution in [0.25, 0.3) is 33.3 Å². The first-order chi connectivity index (χ1) is 14.6. The minimum absolute atomic E-state index is 0.155. The van der Waals surface area contributed by atoms with E-state index in [4.69, 9.17) is 28.2 Å². The minimum atomic E-state index is -0.155. The third-order valence-corrected chi connectivity index (χ3v) is 6.53. The van der Waals surface area contributed by atoms with Crippen LogP contribution in [0.15, 0.2) is 59.8 Å². The van der Waals surface area contributed by atoms with Crippen molar-refractivity contribution in [2.75, 3.05) is 11.1 Å². The summed E-state index contributed by atoms with van der Waals surface area (Å²) in [5, 5.41) is 15.1. The molecule has 0 bridgehead atoms. The van der Waals surface area contributed by atoms with Gasteiger partial charge in [0, 0.05) is 28.7 Å². The quantitative estimate of drug-likeness (QED) is 0.326. The van der Waals surface area contributed by atoms with E-state index in [0.29, 0.717) is 26.6 Å². The molecule has 1 N–H and O–H groups in total. The summed E-state index contributed by atoms with van der Waals surface area (Å²) in [6.07, 6.45) is 0.282. The molecular weight excluding hydrogens is 439 g/mol. The van der Waals surface area contributed by atoms with Crippen LogP contribution in [0.4, 0.5) is 5.69 Å². The number of nitrogens with zero attached hydrogens (tertiary/aromatic N) is 3. The van der Waals surface area contributed by atoms with Gasteiger partial charge >= 0.3 is 0 Å². The molecule has 0 fully saturated rings. The molecule has 148 valence electrons. The maximum absolute atomic E-state index is 12.2. The normalized spacial score (nSPS) is 11.5.